The molecule has 1 aromatic heterocycles. The minimum absolute atomic E-state index is 0. The number of nitrogens with two attached hydrogens (primary N) is 1. The molecule has 1 aliphatic rings. The predicted molar refractivity (Wildman–Crippen MR) is 104 cm³/mol. The topological polar surface area (TPSA) is 76.5 Å². The van der Waals surface area contributed by atoms with Gasteiger partial charge in [0.1, 0.15) is 5.76 Å². The molecule has 6 heteroatoms. The molecule has 1 fully saturated rings. The highest BCUT2D eigenvalue weighted by Gasteiger charge is 2.31. The normalized spacial score (nSPS) is 19.7. The van der Waals surface area contributed by atoms with Gasteiger partial charge in [-0.25, -0.2) is 0 Å². The van der Waals surface area contributed by atoms with Crippen molar-refractivity contribution >= 4 is 24.1 Å². The van der Waals surface area contributed by atoms with Crippen molar-refractivity contribution in [3.63, 3.8) is 0 Å². The number of rotatable bonds is 4. The molecule has 2 heterocycles. The molecule has 1 aromatic carbocycles. The first-order valence-corrected chi connectivity index (χ1v) is 8.72. The van der Waals surface area contributed by atoms with Crippen LogP contribution in [0.25, 0.3) is 11.3 Å². The average molecular weight is 377 g/mol. The van der Waals surface area contributed by atoms with Crippen LogP contribution in [-0.2, 0) is 0 Å². The first kappa shape index (κ1) is 20.2. The van der Waals surface area contributed by atoms with Crippen molar-refractivity contribution < 1.29 is 14.0 Å². The summed E-state index contributed by atoms with van der Waals surface area (Å²) in [5.74, 6) is 1.46. The van der Waals surface area contributed by atoms with E-state index in [1.807, 2.05) is 17.0 Å². The van der Waals surface area contributed by atoms with E-state index in [1.165, 1.54) is 6.92 Å². The maximum atomic E-state index is 12.8. The Kier molecular flexibility index (Phi) is 6.62. The van der Waals surface area contributed by atoms with Crippen molar-refractivity contribution in [2.75, 3.05) is 13.1 Å². The number of Topliss-reactive ketones (excluding diaryl/α,β-unsaturated/α-hetero) is 1. The van der Waals surface area contributed by atoms with Gasteiger partial charge in [-0.2, -0.15) is 0 Å². The van der Waals surface area contributed by atoms with E-state index in [9.17, 15) is 9.59 Å². The molecule has 0 saturated carbocycles. The highest BCUT2D eigenvalue weighted by Crippen LogP contribution is 2.27. The van der Waals surface area contributed by atoms with E-state index in [4.69, 9.17) is 10.2 Å². The van der Waals surface area contributed by atoms with Gasteiger partial charge in [0.2, 0.25) is 0 Å². The minimum Gasteiger partial charge on any atom is -0.451 e. The monoisotopic (exact) mass is 376 g/mol. The molecule has 3 rings (SSSR count). The zero-order chi connectivity index (χ0) is 18.0. The molecule has 0 bridgehead atoms. The Labute approximate surface area is 160 Å². The van der Waals surface area contributed by atoms with E-state index in [0.717, 1.165) is 18.4 Å². The van der Waals surface area contributed by atoms with Crippen molar-refractivity contribution in [2.45, 2.75) is 32.7 Å². The third-order valence-corrected chi connectivity index (χ3v) is 4.90. The van der Waals surface area contributed by atoms with E-state index >= 15 is 0 Å². The van der Waals surface area contributed by atoms with Gasteiger partial charge in [-0.15, -0.1) is 12.4 Å². The molecule has 5 nitrogen and oxygen atoms in total. The van der Waals surface area contributed by atoms with Crippen LogP contribution in [0.4, 0.5) is 0 Å². The lowest BCUT2D eigenvalue weighted by atomic mass is 9.92. The summed E-state index contributed by atoms with van der Waals surface area (Å²) in [5.41, 5.74) is 7.35. The van der Waals surface area contributed by atoms with Crippen LogP contribution in [-0.4, -0.2) is 35.7 Å². The summed E-state index contributed by atoms with van der Waals surface area (Å²) in [4.78, 5) is 26.0. The van der Waals surface area contributed by atoms with Gasteiger partial charge in [0.15, 0.2) is 11.5 Å². The van der Waals surface area contributed by atoms with E-state index < -0.39 is 0 Å². The number of hydrogen-bond donors (Lipinski definition) is 1. The Morgan fingerprint density at radius 2 is 1.88 bits per heavy atom. The lowest BCUT2D eigenvalue weighted by molar-refractivity contribution is 0.0542. The number of likely N-dealkylation sites (tertiary alicyclic amines) is 1. The van der Waals surface area contributed by atoms with Crippen molar-refractivity contribution in [3.05, 3.63) is 47.7 Å². The zero-order valence-corrected chi connectivity index (χ0v) is 15.9. The van der Waals surface area contributed by atoms with Gasteiger partial charge < -0.3 is 15.1 Å². The summed E-state index contributed by atoms with van der Waals surface area (Å²) in [5, 5.41) is 0. The van der Waals surface area contributed by atoms with Gasteiger partial charge in [-0.1, -0.05) is 31.2 Å². The highest BCUT2D eigenvalue weighted by atomic mass is 35.5. The number of ketones is 1. The number of carbonyl (C=O) groups excluding carboxylic acids is 2. The molecular formula is C20H25ClN2O3. The molecule has 0 spiro atoms. The van der Waals surface area contributed by atoms with Crippen molar-refractivity contribution in [2.24, 2.45) is 11.7 Å². The first-order valence-electron chi connectivity index (χ1n) is 8.72. The van der Waals surface area contributed by atoms with E-state index in [0.29, 0.717) is 36.1 Å². The summed E-state index contributed by atoms with van der Waals surface area (Å²) in [6.45, 7) is 4.91. The van der Waals surface area contributed by atoms with Crippen LogP contribution in [0.2, 0.25) is 0 Å². The molecule has 2 aromatic rings. The Morgan fingerprint density at radius 3 is 2.50 bits per heavy atom. The molecule has 1 aliphatic heterocycles. The number of halogens is 1. The zero-order valence-electron chi connectivity index (χ0n) is 15.1. The first-order chi connectivity index (χ1) is 12.0. The van der Waals surface area contributed by atoms with Gasteiger partial charge >= 0.3 is 0 Å². The van der Waals surface area contributed by atoms with E-state index in [-0.39, 0.29) is 30.1 Å². The second-order valence-electron chi connectivity index (χ2n) is 6.82. The molecular weight excluding hydrogens is 352 g/mol. The number of benzene rings is 1. The Hall–Kier alpha value is -2.11. The largest absolute Gasteiger partial charge is 0.451 e. The Morgan fingerprint density at radius 1 is 1.19 bits per heavy atom. The van der Waals surface area contributed by atoms with Gasteiger partial charge in [0, 0.05) is 30.3 Å². The molecule has 0 radical (unpaired) electrons. The van der Waals surface area contributed by atoms with Gasteiger partial charge in [-0.3, -0.25) is 9.59 Å². The third-order valence-electron chi connectivity index (χ3n) is 4.90. The maximum Gasteiger partial charge on any atom is 0.289 e. The smallest absolute Gasteiger partial charge is 0.289 e. The van der Waals surface area contributed by atoms with E-state index in [1.54, 1.807) is 24.3 Å². The van der Waals surface area contributed by atoms with Crippen molar-refractivity contribution in [1.29, 1.82) is 0 Å². The molecule has 1 saturated heterocycles. The van der Waals surface area contributed by atoms with Gasteiger partial charge in [-0.05, 0) is 37.8 Å². The fourth-order valence-electron chi connectivity index (χ4n) is 3.36. The van der Waals surface area contributed by atoms with Crippen molar-refractivity contribution in [1.82, 2.24) is 4.90 Å². The molecule has 0 aliphatic carbocycles. The van der Waals surface area contributed by atoms with Gasteiger partial charge in [0.05, 0.1) is 0 Å². The molecule has 26 heavy (non-hydrogen) atoms. The van der Waals surface area contributed by atoms with Crippen LogP contribution in [0.1, 0.15) is 47.6 Å². The summed E-state index contributed by atoms with van der Waals surface area (Å²) in [7, 11) is 0. The van der Waals surface area contributed by atoms with Gasteiger partial charge in [0.25, 0.3) is 5.91 Å². The highest BCUT2D eigenvalue weighted by molar-refractivity contribution is 5.94. The molecule has 2 atom stereocenters. The average Bonchev–Trinajstić information content (AvgIpc) is 3.11. The SMILES string of the molecule is CC(=O)c1ccc(-c2ccc(C(=O)N3CCC(C)CC3CN)o2)cc1.Cl. The predicted octanol–water partition coefficient (Wildman–Crippen LogP) is 3.77. The van der Waals surface area contributed by atoms with E-state index in [2.05, 4.69) is 6.92 Å². The van der Waals surface area contributed by atoms with Crippen LogP contribution in [0.5, 0.6) is 0 Å². The second-order valence-corrected chi connectivity index (χ2v) is 6.82. The Balaban J connectivity index is 0.00000243. The second kappa shape index (κ2) is 8.52. The number of carbonyl (C=O) groups is 2. The minimum atomic E-state index is -0.103. The van der Waals surface area contributed by atoms with Crippen LogP contribution in [0.3, 0.4) is 0 Å². The number of nitrogens with zero attached hydrogens (tertiary/aromatic N) is 1. The summed E-state index contributed by atoms with van der Waals surface area (Å²) in [6, 6.07) is 10.8. The molecule has 2 unspecified atom stereocenters. The quantitative estimate of drug-likeness (QED) is 0.824. The Bertz CT molecular complexity index is 770. The number of piperidine rings is 1. The summed E-state index contributed by atoms with van der Waals surface area (Å²) in [6.07, 6.45) is 1.92. The third kappa shape index (κ3) is 4.17. The van der Waals surface area contributed by atoms with Crippen LogP contribution >= 0.6 is 12.4 Å². The van der Waals surface area contributed by atoms with Crippen LogP contribution in [0.15, 0.2) is 40.8 Å². The lowest BCUT2D eigenvalue weighted by Gasteiger charge is -2.37. The van der Waals surface area contributed by atoms with Crippen LogP contribution < -0.4 is 5.73 Å². The fraction of sp³-hybridized carbons (Fsp3) is 0.400. The van der Waals surface area contributed by atoms with Crippen molar-refractivity contribution in [3.8, 4) is 11.3 Å². The fourth-order valence-corrected chi connectivity index (χ4v) is 3.36. The summed E-state index contributed by atoms with van der Waals surface area (Å²) < 4.78 is 5.79. The molecule has 140 valence electrons. The number of amides is 1. The molecule has 1 amide bonds. The van der Waals surface area contributed by atoms with Crippen LogP contribution in [0, 0.1) is 5.92 Å². The lowest BCUT2D eigenvalue weighted by Crippen LogP contribution is -2.49. The molecule has 2 N–H and O–H groups in total. The standard InChI is InChI=1S/C20H24N2O3.ClH/c1-13-9-10-22(17(11-13)12-21)20(24)19-8-7-18(25-19)16-5-3-15(4-6-16)14(2)23;/h3-8,13,17H,9-12,21H2,1-2H3;1H. The number of hydrogen-bond acceptors (Lipinski definition) is 4. The maximum absolute atomic E-state index is 12.8. The number of furan rings is 1. The summed E-state index contributed by atoms with van der Waals surface area (Å²) >= 11 is 0.